The summed E-state index contributed by atoms with van der Waals surface area (Å²) < 4.78 is 0. The number of phenols is 1. The van der Waals surface area contributed by atoms with Gasteiger partial charge in [-0.25, -0.2) is 0 Å². The van der Waals surface area contributed by atoms with E-state index in [-0.39, 0.29) is 24.0 Å². The molecular weight excluding hydrogens is 248 g/mol. The zero-order valence-corrected chi connectivity index (χ0v) is 10.4. The molecule has 100 valence electrons. The predicted molar refractivity (Wildman–Crippen MR) is 67.4 cm³/mol. The van der Waals surface area contributed by atoms with Crippen molar-refractivity contribution in [2.75, 3.05) is 4.90 Å². The van der Waals surface area contributed by atoms with Crippen molar-refractivity contribution in [3.05, 3.63) is 24.3 Å². The Labute approximate surface area is 110 Å². The normalized spacial score (nSPS) is 18.9. The molecule has 1 saturated heterocycles. The number of piperidine rings is 1. The Bertz CT molecular complexity index is 524. The zero-order valence-electron chi connectivity index (χ0n) is 10.4. The summed E-state index contributed by atoms with van der Waals surface area (Å²) in [7, 11) is 0. The molecule has 0 aromatic heterocycles. The minimum absolute atomic E-state index is 0.0792. The van der Waals surface area contributed by atoms with Gasteiger partial charge in [0.1, 0.15) is 11.8 Å². The van der Waals surface area contributed by atoms with E-state index in [0.29, 0.717) is 12.1 Å². The second kappa shape index (κ2) is 5.09. The molecule has 0 spiro atoms. The lowest BCUT2D eigenvalue weighted by molar-refractivity contribution is -0.135. The Morgan fingerprint density at radius 2 is 1.95 bits per heavy atom. The van der Waals surface area contributed by atoms with Crippen molar-refractivity contribution in [1.29, 1.82) is 0 Å². The van der Waals surface area contributed by atoms with Gasteiger partial charge in [-0.1, -0.05) is 0 Å². The van der Waals surface area contributed by atoms with Crippen molar-refractivity contribution >= 4 is 23.4 Å². The van der Waals surface area contributed by atoms with Gasteiger partial charge in [-0.15, -0.1) is 0 Å². The molecule has 6 heteroatoms. The molecule has 1 aromatic rings. The topological polar surface area (TPSA) is 86.7 Å². The minimum Gasteiger partial charge on any atom is -0.508 e. The van der Waals surface area contributed by atoms with Crippen LogP contribution in [0.5, 0.6) is 5.75 Å². The quantitative estimate of drug-likeness (QED) is 0.762. The standard InChI is InChI=1S/C13H14N2O4/c1-8(16)15(9-2-4-10(17)5-3-9)11-6-7-12(18)14-13(11)19/h2-5,11,17H,6-7H2,1H3,(H,14,18,19). The molecule has 1 aliphatic rings. The van der Waals surface area contributed by atoms with Crippen molar-refractivity contribution < 1.29 is 19.5 Å². The molecule has 1 fully saturated rings. The number of benzene rings is 1. The number of phenolic OH excluding ortho intramolecular Hbond substituents is 1. The van der Waals surface area contributed by atoms with E-state index < -0.39 is 11.9 Å². The maximum atomic E-state index is 11.8. The first-order chi connectivity index (χ1) is 8.99. The van der Waals surface area contributed by atoms with E-state index in [4.69, 9.17) is 0 Å². The van der Waals surface area contributed by atoms with Gasteiger partial charge in [0.05, 0.1) is 0 Å². The van der Waals surface area contributed by atoms with Crippen LogP contribution in [-0.4, -0.2) is 28.9 Å². The van der Waals surface area contributed by atoms with Gasteiger partial charge in [0.2, 0.25) is 17.7 Å². The van der Waals surface area contributed by atoms with Crippen molar-refractivity contribution in [3.8, 4) is 5.75 Å². The van der Waals surface area contributed by atoms with Crippen LogP contribution in [0.1, 0.15) is 19.8 Å². The van der Waals surface area contributed by atoms with Crippen LogP contribution in [0.25, 0.3) is 0 Å². The number of anilines is 1. The smallest absolute Gasteiger partial charge is 0.249 e. The number of amides is 3. The lowest BCUT2D eigenvalue weighted by Crippen LogP contribution is -2.54. The number of carbonyl (C=O) groups is 3. The number of aromatic hydroxyl groups is 1. The summed E-state index contributed by atoms with van der Waals surface area (Å²) in [6.45, 7) is 1.36. The molecule has 1 aliphatic heterocycles. The number of hydrogen-bond acceptors (Lipinski definition) is 4. The van der Waals surface area contributed by atoms with Gasteiger partial charge >= 0.3 is 0 Å². The summed E-state index contributed by atoms with van der Waals surface area (Å²) in [6.07, 6.45) is 0.503. The maximum absolute atomic E-state index is 11.8. The zero-order chi connectivity index (χ0) is 14.0. The third kappa shape index (κ3) is 2.73. The summed E-state index contributed by atoms with van der Waals surface area (Å²) in [5.41, 5.74) is 0.514. The number of imide groups is 1. The fourth-order valence-corrected chi connectivity index (χ4v) is 2.12. The Morgan fingerprint density at radius 1 is 1.32 bits per heavy atom. The van der Waals surface area contributed by atoms with Gasteiger partial charge in [-0.05, 0) is 30.7 Å². The average Bonchev–Trinajstić information content (AvgIpc) is 2.34. The molecule has 1 atom stereocenters. The number of nitrogens with one attached hydrogen (secondary N) is 1. The molecule has 3 amide bonds. The van der Waals surface area contributed by atoms with Crippen molar-refractivity contribution in [1.82, 2.24) is 5.32 Å². The molecule has 1 aromatic carbocycles. The highest BCUT2D eigenvalue weighted by Gasteiger charge is 2.33. The Kier molecular flexibility index (Phi) is 3.50. The molecule has 0 saturated carbocycles. The lowest BCUT2D eigenvalue weighted by Gasteiger charge is -2.32. The third-order valence-electron chi connectivity index (χ3n) is 2.99. The van der Waals surface area contributed by atoms with Crippen LogP contribution in [0.2, 0.25) is 0 Å². The average molecular weight is 262 g/mol. The van der Waals surface area contributed by atoms with E-state index in [2.05, 4.69) is 5.32 Å². The van der Waals surface area contributed by atoms with Gasteiger partial charge in [0, 0.05) is 19.0 Å². The van der Waals surface area contributed by atoms with E-state index in [1.165, 1.54) is 24.0 Å². The Hall–Kier alpha value is -2.37. The highest BCUT2D eigenvalue weighted by molar-refractivity contribution is 6.06. The number of nitrogens with zero attached hydrogens (tertiary/aromatic N) is 1. The van der Waals surface area contributed by atoms with Crippen LogP contribution >= 0.6 is 0 Å². The largest absolute Gasteiger partial charge is 0.508 e. The Balaban J connectivity index is 2.30. The molecule has 0 radical (unpaired) electrons. The summed E-state index contributed by atoms with van der Waals surface area (Å²) in [5.74, 6) is -1.01. The summed E-state index contributed by atoms with van der Waals surface area (Å²) in [6, 6.07) is 5.30. The maximum Gasteiger partial charge on any atom is 0.249 e. The second-order valence-electron chi connectivity index (χ2n) is 4.37. The van der Waals surface area contributed by atoms with Crippen molar-refractivity contribution in [3.63, 3.8) is 0 Å². The van der Waals surface area contributed by atoms with Gasteiger partial charge in [-0.2, -0.15) is 0 Å². The molecule has 1 heterocycles. The number of hydrogen-bond donors (Lipinski definition) is 2. The predicted octanol–water partition coefficient (Wildman–Crippen LogP) is 0.550. The summed E-state index contributed by atoms with van der Waals surface area (Å²) in [5, 5.41) is 11.5. The van der Waals surface area contributed by atoms with Crippen LogP contribution in [0.3, 0.4) is 0 Å². The van der Waals surface area contributed by atoms with Crippen LogP contribution in [-0.2, 0) is 14.4 Å². The number of carbonyl (C=O) groups excluding carboxylic acids is 3. The highest BCUT2D eigenvalue weighted by atomic mass is 16.3. The molecule has 0 aliphatic carbocycles. The van der Waals surface area contributed by atoms with Gasteiger partial charge in [-0.3, -0.25) is 19.7 Å². The van der Waals surface area contributed by atoms with Crippen molar-refractivity contribution in [2.45, 2.75) is 25.8 Å². The summed E-state index contributed by atoms with van der Waals surface area (Å²) in [4.78, 5) is 36.0. The van der Waals surface area contributed by atoms with Crippen LogP contribution in [0.15, 0.2) is 24.3 Å². The monoisotopic (exact) mass is 262 g/mol. The molecular formula is C13H14N2O4. The first kappa shape index (κ1) is 13.1. The van der Waals surface area contributed by atoms with E-state index in [9.17, 15) is 19.5 Å². The first-order valence-corrected chi connectivity index (χ1v) is 5.91. The molecule has 0 bridgehead atoms. The van der Waals surface area contributed by atoms with E-state index in [0.717, 1.165) is 0 Å². The SMILES string of the molecule is CC(=O)N(c1ccc(O)cc1)C1CCC(=O)NC1=O. The van der Waals surface area contributed by atoms with Crippen LogP contribution in [0, 0.1) is 0 Å². The van der Waals surface area contributed by atoms with Gasteiger partial charge in [0.15, 0.2) is 0 Å². The lowest BCUT2D eigenvalue weighted by atomic mass is 10.0. The molecule has 2 rings (SSSR count). The minimum atomic E-state index is -0.695. The van der Waals surface area contributed by atoms with Crippen LogP contribution in [0.4, 0.5) is 5.69 Å². The fourth-order valence-electron chi connectivity index (χ4n) is 2.12. The highest BCUT2D eigenvalue weighted by Crippen LogP contribution is 2.24. The molecule has 1 unspecified atom stereocenters. The first-order valence-electron chi connectivity index (χ1n) is 5.91. The van der Waals surface area contributed by atoms with Gasteiger partial charge in [0.25, 0.3) is 0 Å². The second-order valence-corrected chi connectivity index (χ2v) is 4.37. The van der Waals surface area contributed by atoms with Crippen molar-refractivity contribution in [2.24, 2.45) is 0 Å². The number of rotatable bonds is 2. The molecule has 2 N–H and O–H groups in total. The van der Waals surface area contributed by atoms with E-state index in [1.54, 1.807) is 12.1 Å². The Morgan fingerprint density at radius 3 is 2.47 bits per heavy atom. The van der Waals surface area contributed by atoms with E-state index in [1.807, 2.05) is 0 Å². The molecule has 19 heavy (non-hydrogen) atoms. The fraction of sp³-hybridized carbons (Fsp3) is 0.308. The van der Waals surface area contributed by atoms with E-state index >= 15 is 0 Å². The molecule has 6 nitrogen and oxygen atoms in total. The van der Waals surface area contributed by atoms with Gasteiger partial charge < -0.3 is 10.0 Å². The summed E-state index contributed by atoms with van der Waals surface area (Å²) >= 11 is 0. The van der Waals surface area contributed by atoms with Crippen LogP contribution < -0.4 is 10.2 Å². The third-order valence-corrected chi connectivity index (χ3v) is 2.99.